The van der Waals surface area contributed by atoms with E-state index in [9.17, 15) is 31.5 Å². The first-order chi connectivity index (χ1) is 18.4. The molecule has 0 bridgehead atoms. The maximum Gasteiger partial charge on any atom is 0.451 e. The molecule has 4 aromatic heterocycles. The molecule has 2 N–H and O–H groups in total. The third-order valence-electron chi connectivity index (χ3n) is 5.18. The average molecular weight is 548 g/mol. The minimum Gasteiger partial charge on any atom is -0.441 e. The summed E-state index contributed by atoms with van der Waals surface area (Å²) >= 11 is 0. The maximum absolute atomic E-state index is 13.9. The van der Waals surface area contributed by atoms with E-state index in [1.54, 1.807) is 0 Å². The highest BCUT2D eigenvalue weighted by atomic mass is 19.4. The van der Waals surface area contributed by atoms with E-state index in [-0.39, 0.29) is 22.6 Å². The maximum atomic E-state index is 13.9. The number of anilines is 2. The molecule has 0 saturated carbocycles. The van der Waals surface area contributed by atoms with Gasteiger partial charge in [0.1, 0.15) is 17.7 Å². The van der Waals surface area contributed by atoms with E-state index in [2.05, 4.69) is 35.7 Å². The molecule has 4 aromatic rings. The van der Waals surface area contributed by atoms with Crippen LogP contribution in [0.2, 0.25) is 0 Å². The summed E-state index contributed by atoms with van der Waals surface area (Å²) in [6.07, 6.45) is -2.02. The molecule has 0 radical (unpaired) electrons. The lowest BCUT2D eigenvalue weighted by Crippen LogP contribution is -2.19. The Labute approximate surface area is 216 Å². The van der Waals surface area contributed by atoms with Crippen molar-refractivity contribution in [3.63, 3.8) is 0 Å². The van der Waals surface area contributed by atoms with E-state index in [0.29, 0.717) is 17.5 Å². The molecular weight excluding hydrogens is 531 g/mol. The second-order valence-electron chi connectivity index (χ2n) is 7.92. The summed E-state index contributed by atoms with van der Waals surface area (Å²) in [5.41, 5.74) is 0.434. The molecule has 0 aromatic carbocycles. The van der Waals surface area contributed by atoms with Gasteiger partial charge < -0.3 is 10.1 Å². The number of halogens is 5. The number of nitrogens with zero attached hydrogens (tertiary/aromatic N) is 6. The number of hydrogen-bond acceptors (Lipinski definition) is 8. The quantitative estimate of drug-likeness (QED) is 0.265. The number of aryl methyl sites for hydroxylation is 1. The number of carbonyl (C=O) groups is 2. The predicted molar refractivity (Wildman–Crippen MR) is 124 cm³/mol. The first-order valence-corrected chi connectivity index (χ1v) is 10.9. The van der Waals surface area contributed by atoms with Crippen molar-refractivity contribution >= 4 is 23.5 Å². The topological polar surface area (TPSA) is 137 Å². The molecule has 0 fully saturated rings. The standard InChI is InChI=1S/C23H17F5N8O3/c1-11(15-5-13(24)8-30-18(15)25)39-22(38)35-19-16(10-33-36(19)2)17-4-3-14(9-29-17)34-20(37)12-6-31-21(32-7-12)23(26,27)28/h3-11H,1-2H3,(H,34,37)(H,35,38)/t11-/m1/s1. The summed E-state index contributed by atoms with van der Waals surface area (Å²) < 4.78 is 71.6. The zero-order valence-corrected chi connectivity index (χ0v) is 20.0. The normalized spacial score (nSPS) is 12.1. The average Bonchev–Trinajstić information content (AvgIpc) is 3.25. The Morgan fingerprint density at radius 1 is 0.974 bits per heavy atom. The highest BCUT2D eigenvalue weighted by molar-refractivity contribution is 6.03. The van der Waals surface area contributed by atoms with Gasteiger partial charge >= 0.3 is 12.3 Å². The second-order valence-corrected chi connectivity index (χ2v) is 7.92. The van der Waals surface area contributed by atoms with E-state index in [1.807, 2.05) is 0 Å². The molecule has 16 heteroatoms. The number of carbonyl (C=O) groups excluding carboxylic acids is 2. The monoisotopic (exact) mass is 548 g/mol. The highest BCUT2D eigenvalue weighted by Gasteiger charge is 2.34. The Hall–Kier alpha value is -5.02. The van der Waals surface area contributed by atoms with Crippen molar-refractivity contribution in [1.29, 1.82) is 0 Å². The van der Waals surface area contributed by atoms with Crippen molar-refractivity contribution in [2.45, 2.75) is 19.2 Å². The van der Waals surface area contributed by atoms with Crippen LogP contribution < -0.4 is 10.6 Å². The highest BCUT2D eigenvalue weighted by Crippen LogP contribution is 2.28. The van der Waals surface area contributed by atoms with E-state index in [4.69, 9.17) is 4.74 Å². The van der Waals surface area contributed by atoms with Gasteiger partial charge in [0.15, 0.2) is 0 Å². The van der Waals surface area contributed by atoms with Crippen LogP contribution in [0.4, 0.5) is 38.3 Å². The van der Waals surface area contributed by atoms with E-state index in [1.165, 1.54) is 43.2 Å². The van der Waals surface area contributed by atoms with Crippen molar-refractivity contribution < 1.29 is 36.3 Å². The number of alkyl halides is 3. The van der Waals surface area contributed by atoms with E-state index in [0.717, 1.165) is 18.5 Å². The van der Waals surface area contributed by atoms with Gasteiger partial charge in [-0.1, -0.05) is 0 Å². The molecule has 4 rings (SSSR count). The Morgan fingerprint density at radius 2 is 1.69 bits per heavy atom. The number of amides is 2. The van der Waals surface area contributed by atoms with Crippen LogP contribution in [0.5, 0.6) is 0 Å². The molecule has 202 valence electrons. The predicted octanol–water partition coefficient (Wildman–Crippen LogP) is 4.53. The Morgan fingerprint density at radius 3 is 2.33 bits per heavy atom. The zero-order valence-electron chi connectivity index (χ0n) is 20.0. The number of hydrogen-bond donors (Lipinski definition) is 2. The van der Waals surface area contributed by atoms with Gasteiger partial charge in [0, 0.05) is 19.4 Å². The molecular formula is C23H17F5N8O3. The number of aromatic nitrogens is 6. The molecule has 0 spiro atoms. The molecule has 2 amide bonds. The molecule has 39 heavy (non-hydrogen) atoms. The van der Waals surface area contributed by atoms with Gasteiger partial charge in [-0.2, -0.15) is 22.7 Å². The van der Waals surface area contributed by atoms with Gasteiger partial charge in [-0.05, 0) is 25.1 Å². The number of nitrogens with one attached hydrogen (secondary N) is 2. The van der Waals surface area contributed by atoms with E-state index >= 15 is 0 Å². The minimum atomic E-state index is -4.74. The van der Waals surface area contributed by atoms with Crippen LogP contribution in [-0.4, -0.2) is 41.7 Å². The fraction of sp³-hybridized carbons (Fsp3) is 0.174. The molecule has 1 atom stereocenters. The van der Waals surface area contributed by atoms with E-state index < -0.39 is 41.9 Å². The lowest BCUT2D eigenvalue weighted by Gasteiger charge is -2.15. The molecule has 0 aliphatic carbocycles. The van der Waals surface area contributed by atoms with Crippen molar-refractivity contribution in [1.82, 2.24) is 29.7 Å². The SMILES string of the molecule is C[C@@H](OC(=O)Nc1c(-c2ccc(NC(=O)c3cnc(C(F)(F)F)nc3)cn2)cnn1C)c1cc(F)cnc1F. The van der Waals surface area contributed by atoms with Crippen molar-refractivity contribution in [3.05, 3.63) is 77.9 Å². The van der Waals surface area contributed by atoms with Gasteiger partial charge in [0.05, 0.1) is 46.7 Å². The molecule has 0 unspecified atom stereocenters. The lowest BCUT2D eigenvalue weighted by molar-refractivity contribution is -0.145. The smallest absolute Gasteiger partial charge is 0.441 e. The minimum absolute atomic E-state index is 0.163. The third-order valence-corrected chi connectivity index (χ3v) is 5.18. The van der Waals surface area contributed by atoms with Gasteiger partial charge in [0.25, 0.3) is 5.91 Å². The van der Waals surface area contributed by atoms with Crippen LogP contribution in [0.15, 0.2) is 49.2 Å². The molecule has 11 nitrogen and oxygen atoms in total. The van der Waals surface area contributed by atoms with Crippen molar-refractivity contribution in [2.24, 2.45) is 7.05 Å². The Kier molecular flexibility index (Phi) is 7.46. The summed E-state index contributed by atoms with van der Waals surface area (Å²) in [5.74, 6) is -3.75. The lowest BCUT2D eigenvalue weighted by atomic mass is 10.2. The Bertz CT molecular complexity index is 1510. The van der Waals surface area contributed by atoms with Gasteiger partial charge in [-0.15, -0.1) is 0 Å². The number of ether oxygens (including phenoxy) is 1. The van der Waals surface area contributed by atoms with Crippen LogP contribution in [0.25, 0.3) is 11.3 Å². The van der Waals surface area contributed by atoms with Crippen LogP contribution >= 0.6 is 0 Å². The summed E-state index contributed by atoms with van der Waals surface area (Å²) in [4.78, 5) is 38.5. The summed E-state index contributed by atoms with van der Waals surface area (Å²) in [7, 11) is 1.53. The molecule has 0 aliphatic heterocycles. The van der Waals surface area contributed by atoms with Crippen molar-refractivity contribution in [2.75, 3.05) is 10.6 Å². The van der Waals surface area contributed by atoms with Gasteiger partial charge in [-0.3, -0.25) is 19.8 Å². The third kappa shape index (κ3) is 6.28. The van der Waals surface area contributed by atoms with Crippen LogP contribution in [0.1, 0.15) is 34.8 Å². The largest absolute Gasteiger partial charge is 0.451 e. The van der Waals surface area contributed by atoms with Crippen LogP contribution in [-0.2, 0) is 18.0 Å². The number of pyridine rings is 2. The summed E-state index contributed by atoms with van der Waals surface area (Å²) in [6, 6.07) is 3.81. The second kappa shape index (κ2) is 10.8. The number of rotatable bonds is 6. The van der Waals surface area contributed by atoms with Crippen LogP contribution in [0, 0.1) is 11.8 Å². The van der Waals surface area contributed by atoms with Crippen molar-refractivity contribution in [3.8, 4) is 11.3 Å². The summed E-state index contributed by atoms with van der Waals surface area (Å²) in [6.45, 7) is 1.34. The Balaban J connectivity index is 1.43. The first-order valence-electron chi connectivity index (χ1n) is 10.9. The molecule has 4 heterocycles. The zero-order chi connectivity index (χ0) is 28.3. The van der Waals surface area contributed by atoms with Gasteiger partial charge in [-0.25, -0.2) is 24.1 Å². The first kappa shape index (κ1) is 27.0. The fourth-order valence-corrected chi connectivity index (χ4v) is 3.27. The molecule has 0 saturated heterocycles. The summed E-state index contributed by atoms with van der Waals surface area (Å²) in [5, 5.41) is 9.00. The van der Waals surface area contributed by atoms with Crippen LogP contribution in [0.3, 0.4) is 0 Å². The fourth-order valence-electron chi connectivity index (χ4n) is 3.27. The molecule has 0 aliphatic rings. The van der Waals surface area contributed by atoms with Gasteiger partial charge in [0.2, 0.25) is 11.8 Å².